The lowest BCUT2D eigenvalue weighted by Gasteiger charge is -2.06. The Bertz CT molecular complexity index is 518. The van der Waals surface area contributed by atoms with Gasteiger partial charge in [-0.15, -0.1) is 0 Å². The minimum atomic E-state index is 0.607. The van der Waals surface area contributed by atoms with Gasteiger partial charge in [0.2, 0.25) is 5.95 Å². The Morgan fingerprint density at radius 3 is 2.50 bits per heavy atom. The number of hydrogen-bond acceptors (Lipinski definition) is 3. The molecule has 20 heavy (non-hydrogen) atoms. The Hall–Kier alpha value is -1.58. The average Bonchev–Trinajstić information content (AvgIpc) is 2.78. The van der Waals surface area contributed by atoms with E-state index in [4.69, 9.17) is 5.73 Å². The molecular weight excluding hydrogens is 248 g/mol. The number of imidazole rings is 1. The third kappa shape index (κ3) is 3.95. The first-order valence-corrected chi connectivity index (χ1v) is 7.88. The molecule has 0 saturated heterocycles. The Morgan fingerprint density at radius 2 is 1.75 bits per heavy atom. The van der Waals surface area contributed by atoms with Crippen LogP contribution in [-0.4, -0.2) is 14.5 Å². The third-order valence-electron chi connectivity index (χ3n) is 3.82. The molecule has 0 aromatic carbocycles. The molecule has 4 heteroatoms. The molecule has 0 aliphatic rings. The van der Waals surface area contributed by atoms with Crippen molar-refractivity contribution in [3.8, 4) is 0 Å². The molecule has 0 unspecified atom stereocenters. The van der Waals surface area contributed by atoms with Gasteiger partial charge in [-0.25, -0.2) is 4.98 Å². The fourth-order valence-corrected chi connectivity index (χ4v) is 2.64. The summed E-state index contributed by atoms with van der Waals surface area (Å²) in [5.41, 5.74) is 7.96. The lowest BCUT2D eigenvalue weighted by molar-refractivity contribution is 0.550. The maximum atomic E-state index is 5.97. The number of aryl methyl sites for hydroxylation is 1. The molecule has 0 radical (unpaired) electrons. The Labute approximate surface area is 121 Å². The van der Waals surface area contributed by atoms with Gasteiger partial charge in [0, 0.05) is 12.7 Å². The van der Waals surface area contributed by atoms with Crippen molar-refractivity contribution in [1.29, 1.82) is 0 Å². The first-order valence-electron chi connectivity index (χ1n) is 7.88. The van der Waals surface area contributed by atoms with E-state index in [1.165, 1.54) is 51.4 Å². The highest BCUT2D eigenvalue weighted by Crippen LogP contribution is 2.17. The van der Waals surface area contributed by atoms with Crippen LogP contribution in [0.25, 0.3) is 11.0 Å². The van der Waals surface area contributed by atoms with Gasteiger partial charge >= 0.3 is 0 Å². The van der Waals surface area contributed by atoms with E-state index < -0.39 is 0 Å². The fourth-order valence-electron chi connectivity index (χ4n) is 2.64. The van der Waals surface area contributed by atoms with Gasteiger partial charge in [0.15, 0.2) is 0 Å². The molecule has 2 rings (SSSR count). The van der Waals surface area contributed by atoms with E-state index in [-0.39, 0.29) is 0 Å². The van der Waals surface area contributed by atoms with E-state index in [0.717, 1.165) is 17.6 Å². The van der Waals surface area contributed by atoms with Crippen LogP contribution in [0, 0.1) is 0 Å². The summed E-state index contributed by atoms with van der Waals surface area (Å²) in [5.74, 6) is 0.607. The van der Waals surface area contributed by atoms with Crippen molar-refractivity contribution in [2.45, 2.75) is 64.8 Å². The predicted molar refractivity (Wildman–Crippen MR) is 84.6 cm³/mol. The zero-order valence-electron chi connectivity index (χ0n) is 12.5. The van der Waals surface area contributed by atoms with Crippen molar-refractivity contribution in [1.82, 2.24) is 14.5 Å². The van der Waals surface area contributed by atoms with Crippen LogP contribution in [0.2, 0.25) is 0 Å². The molecule has 0 atom stereocenters. The molecule has 110 valence electrons. The second-order valence-corrected chi connectivity index (χ2v) is 5.46. The number of rotatable bonds is 9. The zero-order chi connectivity index (χ0) is 14.2. The van der Waals surface area contributed by atoms with Gasteiger partial charge in [-0.05, 0) is 12.5 Å². The lowest BCUT2D eigenvalue weighted by Crippen LogP contribution is -2.03. The largest absolute Gasteiger partial charge is 0.369 e. The number of nitrogens with zero attached hydrogens (tertiary/aromatic N) is 3. The fraction of sp³-hybridized carbons (Fsp3) is 0.625. The first-order chi connectivity index (χ1) is 9.83. The number of hydrogen-bond donors (Lipinski definition) is 1. The van der Waals surface area contributed by atoms with Crippen LogP contribution in [0.3, 0.4) is 0 Å². The van der Waals surface area contributed by atoms with Gasteiger partial charge in [0.05, 0.1) is 11.7 Å². The molecule has 2 heterocycles. The maximum Gasteiger partial charge on any atom is 0.201 e. The summed E-state index contributed by atoms with van der Waals surface area (Å²) in [6, 6.07) is 1.99. The molecule has 2 aromatic heterocycles. The third-order valence-corrected chi connectivity index (χ3v) is 3.82. The van der Waals surface area contributed by atoms with E-state index in [0.29, 0.717) is 5.95 Å². The van der Waals surface area contributed by atoms with E-state index in [1.54, 1.807) is 12.4 Å². The predicted octanol–water partition coefficient (Wildman–Crippen LogP) is 4.15. The van der Waals surface area contributed by atoms with Gasteiger partial charge < -0.3 is 10.3 Å². The van der Waals surface area contributed by atoms with Gasteiger partial charge in [0.1, 0.15) is 5.52 Å². The zero-order valence-corrected chi connectivity index (χ0v) is 12.5. The second-order valence-electron chi connectivity index (χ2n) is 5.46. The number of fused-ring (bicyclic) bond motifs is 1. The molecule has 2 N–H and O–H groups in total. The molecule has 0 fully saturated rings. The van der Waals surface area contributed by atoms with Gasteiger partial charge in [-0.2, -0.15) is 0 Å². The highest BCUT2D eigenvalue weighted by atomic mass is 15.2. The van der Waals surface area contributed by atoms with Crippen molar-refractivity contribution < 1.29 is 0 Å². The van der Waals surface area contributed by atoms with Crippen molar-refractivity contribution in [3.63, 3.8) is 0 Å². The van der Waals surface area contributed by atoms with Crippen LogP contribution < -0.4 is 5.73 Å². The van der Waals surface area contributed by atoms with Crippen LogP contribution in [0.1, 0.15) is 58.3 Å². The standard InChI is InChI=1S/C16H26N4/c1-2-3-4-5-6-7-8-9-12-20-15-10-11-18-13-14(15)19-16(20)17/h10-11,13H,2-9,12H2,1H3,(H2,17,19). The molecular formula is C16H26N4. The van der Waals surface area contributed by atoms with Crippen LogP contribution in [-0.2, 0) is 6.54 Å². The summed E-state index contributed by atoms with van der Waals surface area (Å²) in [6.45, 7) is 3.22. The van der Waals surface area contributed by atoms with Gasteiger partial charge in [-0.3, -0.25) is 4.98 Å². The normalized spacial score (nSPS) is 11.2. The molecule has 0 amide bonds. The molecule has 0 bridgehead atoms. The van der Waals surface area contributed by atoms with E-state index in [2.05, 4.69) is 21.5 Å². The van der Waals surface area contributed by atoms with Crippen molar-refractivity contribution in [3.05, 3.63) is 18.5 Å². The van der Waals surface area contributed by atoms with E-state index >= 15 is 0 Å². The summed E-state index contributed by atoms with van der Waals surface area (Å²) in [5, 5.41) is 0. The average molecular weight is 274 g/mol. The molecule has 2 aromatic rings. The minimum absolute atomic E-state index is 0.607. The Morgan fingerprint density at radius 1 is 1.05 bits per heavy atom. The number of pyridine rings is 1. The summed E-state index contributed by atoms with van der Waals surface area (Å²) >= 11 is 0. The monoisotopic (exact) mass is 274 g/mol. The molecule has 0 saturated carbocycles. The van der Waals surface area contributed by atoms with Gasteiger partial charge in [0.25, 0.3) is 0 Å². The molecule has 0 aliphatic carbocycles. The summed E-state index contributed by atoms with van der Waals surface area (Å²) < 4.78 is 2.11. The summed E-state index contributed by atoms with van der Waals surface area (Å²) in [6.07, 6.45) is 14.2. The smallest absolute Gasteiger partial charge is 0.201 e. The van der Waals surface area contributed by atoms with Crippen LogP contribution in [0.5, 0.6) is 0 Å². The Kier molecular flexibility index (Phi) is 5.84. The van der Waals surface area contributed by atoms with Gasteiger partial charge in [-0.1, -0.05) is 51.9 Å². The highest BCUT2D eigenvalue weighted by Gasteiger charge is 2.06. The highest BCUT2D eigenvalue weighted by molar-refractivity contribution is 5.76. The topological polar surface area (TPSA) is 56.7 Å². The van der Waals surface area contributed by atoms with Crippen LogP contribution >= 0.6 is 0 Å². The van der Waals surface area contributed by atoms with Crippen molar-refractivity contribution in [2.75, 3.05) is 5.73 Å². The quantitative estimate of drug-likeness (QED) is 0.699. The van der Waals surface area contributed by atoms with E-state index in [9.17, 15) is 0 Å². The number of nitrogen functional groups attached to an aromatic ring is 1. The SMILES string of the molecule is CCCCCCCCCCn1c(N)nc2cnccc21. The number of aromatic nitrogens is 3. The number of unbranched alkanes of at least 4 members (excludes halogenated alkanes) is 7. The van der Waals surface area contributed by atoms with Crippen LogP contribution in [0.15, 0.2) is 18.5 Å². The summed E-state index contributed by atoms with van der Waals surface area (Å²) in [4.78, 5) is 8.42. The van der Waals surface area contributed by atoms with E-state index in [1.807, 2.05) is 6.07 Å². The second kappa shape index (κ2) is 7.88. The Balaban J connectivity index is 1.72. The number of nitrogens with two attached hydrogens (primary N) is 1. The van der Waals surface area contributed by atoms with Crippen molar-refractivity contribution in [2.24, 2.45) is 0 Å². The lowest BCUT2D eigenvalue weighted by atomic mass is 10.1. The van der Waals surface area contributed by atoms with Crippen molar-refractivity contribution >= 4 is 17.0 Å². The summed E-state index contributed by atoms with van der Waals surface area (Å²) in [7, 11) is 0. The number of anilines is 1. The maximum absolute atomic E-state index is 5.97. The first kappa shape index (κ1) is 14.8. The molecule has 0 spiro atoms. The van der Waals surface area contributed by atoms with Crippen LogP contribution in [0.4, 0.5) is 5.95 Å². The minimum Gasteiger partial charge on any atom is -0.369 e. The molecule has 0 aliphatic heterocycles. The molecule has 4 nitrogen and oxygen atoms in total.